The molecule has 1 saturated carbocycles. The maximum atomic E-state index is 11.9. The van der Waals surface area contributed by atoms with Gasteiger partial charge in [0.15, 0.2) is 0 Å². The normalized spacial score (nSPS) is 17.1. The molecule has 1 amide bonds. The predicted octanol–water partition coefficient (Wildman–Crippen LogP) is 2.28. The van der Waals surface area contributed by atoms with E-state index in [1.54, 1.807) is 6.92 Å². The molecule has 1 atom stereocenters. The Kier molecular flexibility index (Phi) is 5.41. The topological polar surface area (TPSA) is 64.3 Å². The molecule has 1 aromatic carbocycles. The Bertz CT molecular complexity index is 442. The summed E-state index contributed by atoms with van der Waals surface area (Å²) in [6.07, 6.45) is 4.95. The van der Waals surface area contributed by atoms with E-state index in [2.05, 4.69) is 5.32 Å². The van der Waals surface area contributed by atoms with E-state index in [-0.39, 0.29) is 5.91 Å². The number of nitrogens with one attached hydrogen (secondary N) is 1. The minimum Gasteiger partial charge on any atom is -0.399 e. The average molecular weight is 276 g/mol. The fourth-order valence-electron chi connectivity index (χ4n) is 2.57. The van der Waals surface area contributed by atoms with E-state index in [4.69, 9.17) is 10.5 Å². The van der Waals surface area contributed by atoms with E-state index in [0.717, 1.165) is 30.5 Å². The molecule has 0 saturated heterocycles. The highest BCUT2D eigenvalue weighted by Gasteiger charge is 2.20. The molecule has 1 aliphatic rings. The largest absolute Gasteiger partial charge is 0.399 e. The summed E-state index contributed by atoms with van der Waals surface area (Å²) in [7, 11) is 0. The number of ether oxygens (including phenoxy) is 1. The van der Waals surface area contributed by atoms with Gasteiger partial charge < -0.3 is 15.8 Å². The SMILES string of the molecule is CC(OCCc1ccccc1N)C(=O)NC1CCCC1. The third kappa shape index (κ3) is 4.23. The molecular weight excluding hydrogens is 252 g/mol. The van der Waals surface area contributed by atoms with E-state index >= 15 is 0 Å². The number of nitrogens with two attached hydrogens (primary N) is 1. The summed E-state index contributed by atoms with van der Waals surface area (Å²) in [5.41, 5.74) is 7.71. The number of hydrogen-bond donors (Lipinski definition) is 2. The van der Waals surface area contributed by atoms with Gasteiger partial charge in [-0.15, -0.1) is 0 Å². The van der Waals surface area contributed by atoms with Crippen molar-refractivity contribution in [2.75, 3.05) is 12.3 Å². The van der Waals surface area contributed by atoms with Crippen LogP contribution in [0.15, 0.2) is 24.3 Å². The zero-order chi connectivity index (χ0) is 14.4. The van der Waals surface area contributed by atoms with Crippen LogP contribution in [-0.4, -0.2) is 24.7 Å². The molecule has 1 fully saturated rings. The Morgan fingerprint density at radius 3 is 2.80 bits per heavy atom. The monoisotopic (exact) mass is 276 g/mol. The van der Waals surface area contributed by atoms with Crippen molar-refractivity contribution in [1.29, 1.82) is 0 Å². The second kappa shape index (κ2) is 7.29. The van der Waals surface area contributed by atoms with Crippen LogP contribution in [0.4, 0.5) is 5.69 Å². The lowest BCUT2D eigenvalue weighted by molar-refractivity contribution is -0.132. The van der Waals surface area contributed by atoms with Gasteiger partial charge in [0.2, 0.25) is 5.91 Å². The maximum absolute atomic E-state index is 11.9. The minimum absolute atomic E-state index is 0.00191. The maximum Gasteiger partial charge on any atom is 0.249 e. The molecule has 1 unspecified atom stereocenters. The van der Waals surface area contributed by atoms with Gasteiger partial charge in [-0.05, 0) is 37.8 Å². The second-order valence-corrected chi connectivity index (χ2v) is 5.45. The number of benzene rings is 1. The first kappa shape index (κ1) is 14.9. The van der Waals surface area contributed by atoms with Crippen LogP contribution in [0.3, 0.4) is 0 Å². The number of amides is 1. The number of carbonyl (C=O) groups excluding carboxylic acids is 1. The van der Waals surface area contributed by atoms with Gasteiger partial charge in [0, 0.05) is 11.7 Å². The fourth-order valence-corrected chi connectivity index (χ4v) is 2.57. The van der Waals surface area contributed by atoms with Crippen LogP contribution in [0.1, 0.15) is 38.2 Å². The average Bonchev–Trinajstić information content (AvgIpc) is 2.93. The highest BCUT2D eigenvalue weighted by molar-refractivity contribution is 5.80. The van der Waals surface area contributed by atoms with Gasteiger partial charge in [-0.3, -0.25) is 4.79 Å². The number of carbonyl (C=O) groups is 1. The highest BCUT2D eigenvalue weighted by Crippen LogP contribution is 2.17. The fraction of sp³-hybridized carbons (Fsp3) is 0.562. The van der Waals surface area contributed by atoms with Crippen LogP contribution in [0.5, 0.6) is 0 Å². The van der Waals surface area contributed by atoms with Crippen molar-refractivity contribution in [3.63, 3.8) is 0 Å². The van der Waals surface area contributed by atoms with Crippen molar-refractivity contribution in [3.05, 3.63) is 29.8 Å². The lowest BCUT2D eigenvalue weighted by Crippen LogP contribution is -2.40. The van der Waals surface area contributed by atoms with Gasteiger partial charge in [-0.25, -0.2) is 0 Å². The van der Waals surface area contributed by atoms with Crippen molar-refractivity contribution >= 4 is 11.6 Å². The Balaban J connectivity index is 1.70. The third-order valence-corrected chi connectivity index (χ3v) is 3.87. The van der Waals surface area contributed by atoms with E-state index in [9.17, 15) is 4.79 Å². The van der Waals surface area contributed by atoms with Crippen molar-refractivity contribution in [3.8, 4) is 0 Å². The summed E-state index contributed by atoms with van der Waals surface area (Å²) < 4.78 is 5.61. The second-order valence-electron chi connectivity index (χ2n) is 5.45. The molecule has 4 nitrogen and oxygen atoms in total. The van der Waals surface area contributed by atoms with Crippen LogP contribution in [0, 0.1) is 0 Å². The number of nitrogen functional groups attached to an aromatic ring is 1. The zero-order valence-corrected chi connectivity index (χ0v) is 12.1. The van der Waals surface area contributed by atoms with Crippen LogP contribution >= 0.6 is 0 Å². The number of hydrogen-bond acceptors (Lipinski definition) is 3. The lowest BCUT2D eigenvalue weighted by atomic mass is 10.1. The number of rotatable bonds is 6. The van der Waals surface area contributed by atoms with Crippen LogP contribution < -0.4 is 11.1 Å². The summed E-state index contributed by atoms with van der Waals surface area (Å²) in [5.74, 6) is -0.00191. The molecular formula is C16H24N2O2. The summed E-state index contributed by atoms with van der Waals surface area (Å²) in [4.78, 5) is 11.9. The molecule has 1 aromatic rings. The van der Waals surface area contributed by atoms with Gasteiger partial charge >= 0.3 is 0 Å². The van der Waals surface area contributed by atoms with Gasteiger partial charge in [-0.1, -0.05) is 31.0 Å². The first-order valence-corrected chi connectivity index (χ1v) is 7.42. The highest BCUT2D eigenvalue weighted by atomic mass is 16.5. The smallest absolute Gasteiger partial charge is 0.249 e. The molecule has 20 heavy (non-hydrogen) atoms. The van der Waals surface area contributed by atoms with E-state index in [1.807, 2.05) is 24.3 Å². The number of anilines is 1. The molecule has 0 bridgehead atoms. The Hall–Kier alpha value is -1.55. The minimum atomic E-state index is -0.402. The molecule has 110 valence electrons. The van der Waals surface area contributed by atoms with Crippen molar-refractivity contribution in [2.24, 2.45) is 0 Å². The third-order valence-electron chi connectivity index (χ3n) is 3.87. The van der Waals surface area contributed by atoms with Crippen LogP contribution in [0.25, 0.3) is 0 Å². The van der Waals surface area contributed by atoms with Crippen molar-refractivity contribution in [2.45, 2.75) is 51.2 Å². The van der Waals surface area contributed by atoms with E-state index in [1.165, 1.54) is 12.8 Å². The van der Waals surface area contributed by atoms with Gasteiger partial charge in [0.25, 0.3) is 0 Å². The Labute approximate surface area is 120 Å². The first-order chi connectivity index (χ1) is 9.66. The standard InChI is InChI=1S/C16H24N2O2/c1-12(16(19)18-14-7-3-4-8-14)20-11-10-13-6-2-5-9-15(13)17/h2,5-6,9,12,14H,3-4,7-8,10-11,17H2,1H3,(H,18,19). The first-order valence-electron chi connectivity index (χ1n) is 7.42. The predicted molar refractivity (Wildman–Crippen MR) is 80.4 cm³/mol. The van der Waals surface area contributed by atoms with E-state index in [0.29, 0.717) is 12.6 Å². The van der Waals surface area contributed by atoms with E-state index < -0.39 is 6.10 Å². The van der Waals surface area contributed by atoms with Crippen LogP contribution in [-0.2, 0) is 16.0 Å². The summed E-state index contributed by atoms with van der Waals surface area (Å²) in [5, 5.41) is 3.05. The molecule has 0 aliphatic heterocycles. The molecule has 0 radical (unpaired) electrons. The molecule has 0 aromatic heterocycles. The molecule has 0 heterocycles. The summed E-state index contributed by atoms with van der Waals surface area (Å²) in [6, 6.07) is 8.09. The Morgan fingerprint density at radius 2 is 2.10 bits per heavy atom. The summed E-state index contributed by atoms with van der Waals surface area (Å²) >= 11 is 0. The number of para-hydroxylation sites is 1. The molecule has 1 aliphatic carbocycles. The van der Waals surface area contributed by atoms with Crippen LogP contribution in [0.2, 0.25) is 0 Å². The summed E-state index contributed by atoms with van der Waals surface area (Å²) in [6.45, 7) is 2.31. The van der Waals surface area contributed by atoms with Crippen molar-refractivity contribution in [1.82, 2.24) is 5.32 Å². The molecule has 2 rings (SSSR count). The van der Waals surface area contributed by atoms with Gasteiger partial charge in [0.05, 0.1) is 6.61 Å². The van der Waals surface area contributed by atoms with Gasteiger partial charge in [-0.2, -0.15) is 0 Å². The van der Waals surface area contributed by atoms with Gasteiger partial charge in [0.1, 0.15) is 6.10 Å². The lowest BCUT2D eigenvalue weighted by Gasteiger charge is -2.17. The quantitative estimate of drug-likeness (QED) is 0.783. The molecule has 3 N–H and O–H groups in total. The Morgan fingerprint density at radius 1 is 1.40 bits per heavy atom. The molecule has 4 heteroatoms. The molecule has 0 spiro atoms. The zero-order valence-electron chi connectivity index (χ0n) is 12.1. The van der Waals surface area contributed by atoms with Crippen molar-refractivity contribution < 1.29 is 9.53 Å².